The van der Waals surface area contributed by atoms with Gasteiger partial charge in [-0.3, -0.25) is 0 Å². The van der Waals surface area contributed by atoms with Crippen molar-refractivity contribution >= 4 is 27.5 Å². The van der Waals surface area contributed by atoms with E-state index >= 15 is 0 Å². The van der Waals surface area contributed by atoms with Crippen molar-refractivity contribution in [2.45, 2.75) is 19.9 Å². The zero-order chi connectivity index (χ0) is 15.2. The Morgan fingerprint density at radius 3 is 2.81 bits per heavy atom. The molecule has 2 nitrogen and oxygen atoms in total. The van der Waals surface area contributed by atoms with Crippen LogP contribution in [0.25, 0.3) is 0 Å². The number of hydrogen-bond donors (Lipinski definition) is 1. The quantitative estimate of drug-likeness (QED) is 0.673. The highest BCUT2D eigenvalue weighted by Gasteiger charge is 2.11. The summed E-state index contributed by atoms with van der Waals surface area (Å²) in [5.74, 6) is 0.317. The number of hydrogen-bond acceptors (Lipinski definition) is 2. The number of benzene rings is 2. The molecule has 0 radical (unpaired) electrons. The highest BCUT2D eigenvalue weighted by Crippen LogP contribution is 2.32. The second-order valence-electron chi connectivity index (χ2n) is 4.57. The van der Waals surface area contributed by atoms with Gasteiger partial charge < -0.3 is 10.1 Å². The van der Waals surface area contributed by atoms with Crippen LogP contribution in [0, 0.1) is 5.82 Å². The van der Waals surface area contributed by atoms with E-state index < -0.39 is 5.82 Å². The summed E-state index contributed by atoms with van der Waals surface area (Å²) < 4.78 is 20.3. The molecule has 0 saturated heterocycles. The molecule has 1 N–H and O–H groups in total. The predicted molar refractivity (Wildman–Crippen MR) is 87.6 cm³/mol. The minimum atomic E-state index is -0.411. The molecule has 2 rings (SSSR count). The molecule has 0 atom stereocenters. The van der Waals surface area contributed by atoms with Crippen LogP contribution in [0.3, 0.4) is 0 Å². The number of ether oxygens (including phenoxy) is 1. The van der Waals surface area contributed by atoms with Gasteiger partial charge in [0.1, 0.15) is 5.75 Å². The van der Waals surface area contributed by atoms with Gasteiger partial charge in [-0.25, -0.2) is 4.39 Å². The molecule has 0 fully saturated rings. The lowest BCUT2D eigenvalue weighted by Gasteiger charge is -2.14. The van der Waals surface area contributed by atoms with E-state index in [9.17, 15) is 4.39 Å². The Morgan fingerprint density at radius 2 is 2.05 bits per heavy atom. The second kappa shape index (κ2) is 7.78. The summed E-state index contributed by atoms with van der Waals surface area (Å²) in [4.78, 5) is 0. The largest absolute Gasteiger partial charge is 0.454 e. The maximum Gasteiger partial charge on any atom is 0.165 e. The molecule has 21 heavy (non-hydrogen) atoms. The van der Waals surface area contributed by atoms with E-state index in [0.29, 0.717) is 17.3 Å². The fraction of sp³-hybridized carbons (Fsp3) is 0.250. The second-order valence-corrected chi connectivity index (χ2v) is 5.89. The van der Waals surface area contributed by atoms with Crippen LogP contribution < -0.4 is 10.1 Å². The van der Waals surface area contributed by atoms with E-state index in [2.05, 4.69) is 28.2 Å². The first-order chi connectivity index (χ1) is 10.1. The lowest BCUT2D eigenvalue weighted by atomic mass is 10.2. The Kier molecular flexibility index (Phi) is 6.03. The van der Waals surface area contributed by atoms with E-state index in [1.165, 1.54) is 6.07 Å². The highest BCUT2D eigenvalue weighted by atomic mass is 79.9. The lowest BCUT2D eigenvalue weighted by molar-refractivity contribution is 0.435. The molecule has 0 heterocycles. The Morgan fingerprint density at radius 1 is 1.24 bits per heavy atom. The Hall–Kier alpha value is -1.10. The predicted octanol–water partition coefficient (Wildman–Crippen LogP) is 5.53. The van der Waals surface area contributed by atoms with Gasteiger partial charge >= 0.3 is 0 Å². The summed E-state index contributed by atoms with van der Waals surface area (Å²) in [6.45, 7) is 3.56. The third kappa shape index (κ3) is 4.43. The van der Waals surface area contributed by atoms with Crippen molar-refractivity contribution in [3.63, 3.8) is 0 Å². The smallest absolute Gasteiger partial charge is 0.165 e. The third-order valence-electron chi connectivity index (χ3n) is 2.92. The fourth-order valence-electron chi connectivity index (χ4n) is 1.87. The highest BCUT2D eigenvalue weighted by molar-refractivity contribution is 9.10. The minimum absolute atomic E-state index is 0.170. The van der Waals surface area contributed by atoms with Crippen molar-refractivity contribution in [2.24, 2.45) is 0 Å². The zero-order valence-corrected chi connectivity index (χ0v) is 14.0. The maximum absolute atomic E-state index is 13.8. The van der Waals surface area contributed by atoms with Crippen LogP contribution in [-0.2, 0) is 6.54 Å². The first-order valence-electron chi connectivity index (χ1n) is 6.73. The molecule has 2 aromatic carbocycles. The van der Waals surface area contributed by atoms with Crippen molar-refractivity contribution in [1.29, 1.82) is 0 Å². The molecule has 0 spiro atoms. The van der Waals surface area contributed by atoms with Crippen LogP contribution in [0.1, 0.15) is 18.9 Å². The van der Waals surface area contributed by atoms with E-state index in [0.717, 1.165) is 23.0 Å². The van der Waals surface area contributed by atoms with Gasteiger partial charge in [0, 0.05) is 21.6 Å². The molecule has 112 valence electrons. The summed E-state index contributed by atoms with van der Waals surface area (Å²) in [5, 5.41) is 3.88. The summed E-state index contributed by atoms with van der Waals surface area (Å²) in [7, 11) is 0. The van der Waals surface area contributed by atoms with Gasteiger partial charge in [-0.1, -0.05) is 40.5 Å². The summed E-state index contributed by atoms with van der Waals surface area (Å²) in [5.41, 5.74) is 0.826. The average Bonchev–Trinajstić information content (AvgIpc) is 2.46. The summed E-state index contributed by atoms with van der Waals surface area (Å²) in [6.07, 6.45) is 1.03. The van der Waals surface area contributed by atoms with Gasteiger partial charge in [-0.05, 0) is 43.3 Å². The Balaban J connectivity index is 2.26. The van der Waals surface area contributed by atoms with Crippen LogP contribution >= 0.6 is 27.5 Å². The Bertz CT molecular complexity index is 621. The molecule has 0 aliphatic carbocycles. The van der Waals surface area contributed by atoms with Gasteiger partial charge in [0.2, 0.25) is 0 Å². The van der Waals surface area contributed by atoms with Crippen LogP contribution in [0.2, 0.25) is 5.02 Å². The first-order valence-corrected chi connectivity index (χ1v) is 7.90. The van der Waals surface area contributed by atoms with Crippen molar-refractivity contribution in [3.05, 3.63) is 57.3 Å². The normalized spacial score (nSPS) is 10.7. The first kappa shape index (κ1) is 16.3. The lowest BCUT2D eigenvalue weighted by Crippen LogP contribution is -2.14. The average molecular weight is 373 g/mol. The molecular formula is C16H16BrClFNO. The van der Waals surface area contributed by atoms with Crippen molar-refractivity contribution in [3.8, 4) is 11.5 Å². The van der Waals surface area contributed by atoms with Crippen LogP contribution in [-0.4, -0.2) is 6.54 Å². The fourth-order valence-corrected chi connectivity index (χ4v) is 2.44. The summed E-state index contributed by atoms with van der Waals surface area (Å²) >= 11 is 9.53. The molecule has 0 unspecified atom stereocenters. The van der Waals surface area contributed by atoms with Crippen molar-refractivity contribution in [2.75, 3.05) is 6.54 Å². The molecule has 0 saturated carbocycles. The molecule has 2 aromatic rings. The van der Waals surface area contributed by atoms with Gasteiger partial charge in [-0.2, -0.15) is 0 Å². The van der Waals surface area contributed by atoms with E-state index in [1.807, 2.05) is 0 Å². The number of nitrogens with one attached hydrogen (secondary N) is 1. The SMILES string of the molecule is CCCNCc1c(Cl)cccc1Oc1cc(Br)ccc1F. The third-order valence-corrected chi connectivity index (χ3v) is 3.76. The topological polar surface area (TPSA) is 21.3 Å². The van der Waals surface area contributed by atoms with Gasteiger partial charge in [-0.15, -0.1) is 0 Å². The molecule has 0 aromatic heterocycles. The van der Waals surface area contributed by atoms with Crippen LogP contribution in [0.5, 0.6) is 11.5 Å². The van der Waals surface area contributed by atoms with Gasteiger partial charge in [0.25, 0.3) is 0 Å². The maximum atomic E-state index is 13.8. The minimum Gasteiger partial charge on any atom is -0.454 e. The van der Waals surface area contributed by atoms with E-state index in [1.54, 1.807) is 30.3 Å². The molecule has 0 amide bonds. The van der Waals surface area contributed by atoms with E-state index in [-0.39, 0.29) is 5.75 Å². The molecule has 5 heteroatoms. The van der Waals surface area contributed by atoms with Crippen molar-refractivity contribution < 1.29 is 9.13 Å². The molecular weight excluding hydrogens is 357 g/mol. The molecule has 0 aliphatic rings. The molecule has 0 aliphatic heterocycles. The standard InChI is InChI=1S/C16H16BrClFNO/c1-2-8-20-10-12-13(18)4-3-5-15(12)21-16-9-11(17)6-7-14(16)19/h3-7,9,20H,2,8,10H2,1H3. The van der Waals surface area contributed by atoms with E-state index in [4.69, 9.17) is 16.3 Å². The number of halogens is 3. The van der Waals surface area contributed by atoms with Crippen LogP contribution in [0.4, 0.5) is 4.39 Å². The summed E-state index contributed by atoms with van der Waals surface area (Å²) in [6, 6.07) is 9.96. The van der Waals surface area contributed by atoms with Crippen molar-refractivity contribution in [1.82, 2.24) is 5.32 Å². The van der Waals surface area contributed by atoms with Crippen LogP contribution in [0.15, 0.2) is 40.9 Å². The van der Waals surface area contributed by atoms with Gasteiger partial charge in [0.05, 0.1) is 0 Å². The zero-order valence-electron chi connectivity index (χ0n) is 11.6. The number of rotatable bonds is 6. The monoisotopic (exact) mass is 371 g/mol. The Labute approximate surface area is 137 Å². The molecule has 0 bridgehead atoms. The van der Waals surface area contributed by atoms with Gasteiger partial charge in [0.15, 0.2) is 11.6 Å².